The lowest BCUT2D eigenvalue weighted by atomic mass is 10.0. The van der Waals surface area contributed by atoms with E-state index in [1.807, 2.05) is 14.1 Å². The topological polar surface area (TPSA) is 84.4 Å². The first-order valence-electron chi connectivity index (χ1n) is 6.52. The molecule has 0 saturated heterocycles. The molecular formula is C14H23ClN4O. The summed E-state index contributed by atoms with van der Waals surface area (Å²) in [5, 5.41) is 3.73. The third-order valence-corrected chi connectivity index (χ3v) is 3.37. The molecule has 112 valence electrons. The highest BCUT2D eigenvalue weighted by atomic mass is 35.5. The maximum absolute atomic E-state index is 11.6. The van der Waals surface area contributed by atoms with Crippen LogP contribution in [0, 0.1) is 5.92 Å². The zero-order valence-corrected chi connectivity index (χ0v) is 13.2. The summed E-state index contributed by atoms with van der Waals surface area (Å²) in [5.41, 5.74) is 12.4. The molecule has 1 amide bonds. The minimum absolute atomic E-state index is 0.143. The summed E-state index contributed by atoms with van der Waals surface area (Å²) < 4.78 is 0. The Kier molecular flexibility index (Phi) is 5.65. The van der Waals surface area contributed by atoms with E-state index in [0.717, 1.165) is 6.54 Å². The number of amides is 1. The number of anilines is 2. The van der Waals surface area contributed by atoms with Crippen molar-refractivity contribution in [3.8, 4) is 0 Å². The first kappa shape index (κ1) is 16.6. The Morgan fingerprint density at radius 1 is 1.40 bits per heavy atom. The van der Waals surface area contributed by atoms with Crippen molar-refractivity contribution < 1.29 is 4.79 Å². The van der Waals surface area contributed by atoms with Crippen LogP contribution in [0.4, 0.5) is 11.4 Å². The Bertz CT molecular complexity index is 488. The fraction of sp³-hybridized carbons (Fsp3) is 0.500. The van der Waals surface area contributed by atoms with Gasteiger partial charge >= 0.3 is 0 Å². The first-order chi connectivity index (χ1) is 9.22. The SMILES string of the molecule is CC(C)C(CN(C)C)Nc1c(Cl)cc(N)cc1C(N)=O. The van der Waals surface area contributed by atoms with Crippen LogP contribution in [-0.4, -0.2) is 37.5 Å². The second-order valence-corrected chi connectivity index (χ2v) is 5.95. The lowest BCUT2D eigenvalue weighted by Crippen LogP contribution is -2.37. The van der Waals surface area contributed by atoms with E-state index in [2.05, 4.69) is 24.1 Å². The van der Waals surface area contributed by atoms with Gasteiger partial charge in [-0.1, -0.05) is 25.4 Å². The van der Waals surface area contributed by atoms with Gasteiger partial charge < -0.3 is 21.7 Å². The number of carbonyl (C=O) groups excluding carboxylic acids is 1. The molecule has 20 heavy (non-hydrogen) atoms. The Morgan fingerprint density at radius 2 is 2.00 bits per heavy atom. The van der Waals surface area contributed by atoms with E-state index in [-0.39, 0.29) is 6.04 Å². The van der Waals surface area contributed by atoms with Crippen LogP contribution in [-0.2, 0) is 0 Å². The maximum Gasteiger partial charge on any atom is 0.250 e. The number of halogens is 1. The maximum atomic E-state index is 11.6. The van der Waals surface area contributed by atoms with Crippen LogP contribution in [0.3, 0.4) is 0 Å². The van der Waals surface area contributed by atoms with E-state index in [0.29, 0.717) is 27.9 Å². The Balaban J connectivity index is 3.14. The molecule has 1 unspecified atom stereocenters. The van der Waals surface area contributed by atoms with E-state index in [1.165, 1.54) is 0 Å². The van der Waals surface area contributed by atoms with Crippen LogP contribution in [0.2, 0.25) is 5.02 Å². The fourth-order valence-electron chi connectivity index (χ4n) is 1.97. The van der Waals surface area contributed by atoms with Crippen LogP contribution in [0.15, 0.2) is 12.1 Å². The van der Waals surface area contributed by atoms with Gasteiger partial charge in [0, 0.05) is 18.3 Å². The lowest BCUT2D eigenvalue weighted by molar-refractivity contribution is 0.100. The number of nitrogens with zero attached hydrogens (tertiary/aromatic N) is 1. The van der Waals surface area contributed by atoms with Gasteiger partial charge in [0.05, 0.1) is 16.3 Å². The number of carbonyl (C=O) groups is 1. The summed E-state index contributed by atoms with van der Waals surface area (Å²) in [4.78, 5) is 13.6. The number of hydrogen-bond acceptors (Lipinski definition) is 4. The van der Waals surface area contributed by atoms with Gasteiger partial charge in [0.25, 0.3) is 5.91 Å². The van der Waals surface area contributed by atoms with E-state index in [9.17, 15) is 4.79 Å². The standard InChI is InChI=1S/C14H23ClN4O/c1-8(2)12(7-19(3)4)18-13-10(14(17)20)5-9(16)6-11(13)15/h5-6,8,12,18H,7,16H2,1-4H3,(H2,17,20). The van der Waals surface area contributed by atoms with Crippen LogP contribution in [0.25, 0.3) is 0 Å². The van der Waals surface area contributed by atoms with Gasteiger partial charge in [0.1, 0.15) is 0 Å². The number of nitrogens with two attached hydrogens (primary N) is 2. The highest BCUT2D eigenvalue weighted by molar-refractivity contribution is 6.34. The van der Waals surface area contributed by atoms with E-state index in [4.69, 9.17) is 23.1 Å². The van der Waals surface area contributed by atoms with Gasteiger partial charge in [0.15, 0.2) is 0 Å². The van der Waals surface area contributed by atoms with Crippen LogP contribution in [0.1, 0.15) is 24.2 Å². The number of likely N-dealkylation sites (N-methyl/N-ethyl adjacent to an activating group) is 1. The molecule has 0 heterocycles. The predicted molar refractivity (Wildman–Crippen MR) is 85.2 cm³/mol. The summed E-state index contributed by atoms with van der Waals surface area (Å²) in [5.74, 6) is -0.180. The molecule has 5 N–H and O–H groups in total. The second-order valence-electron chi connectivity index (χ2n) is 5.55. The summed E-state index contributed by atoms with van der Waals surface area (Å²) in [6.07, 6.45) is 0. The second kappa shape index (κ2) is 6.81. The zero-order valence-electron chi connectivity index (χ0n) is 12.4. The molecule has 6 heteroatoms. The smallest absolute Gasteiger partial charge is 0.250 e. The highest BCUT2D eigenvalue weighted by Gasteiger charge is 2.20. The minimum atomic E-state index is -0.547. The third-order valence-electron chi connectivity index (χ3n) is 3.07. The van der Waals surface area contributed by atoms with Gasteiger partial charge in [-0.2, -0.15) is 0 Å². The van der Waals surface area contributed by atoms with Crippen LogP contribution in [0.5, 0.6) is 0 Å². The average molecular weight is 299 g/mol. The van der Waals surface area contributed by atoms with Gasteiger partial charge in [-0.15, -0.1) is 0 Å². The molecule has 1 aromatic carbocycles. The Morgan fingerprint density at radius 3 is 2.45 bits per heavy atom. The van der Waals surface area contributed by atoms with Gasteiger partial charge in [-0.05, 0) is 32.1 Å². The number of rotatable bonds is 6. The molecule has 0 aromatic heterocycles. The van der Waals surface area contributed by atoms with E-state index < -0.39 is 5.91 Å². The predicted octanol–water partition coefficient (Wildman–Crippen LogP) is 2.02. The van der Waals surface area contributed by atoms with E-state index >= 15 is 0 Å². The summed E-state index contributed by atoms with van der Waals surface area (Å²) in [6, 6.07) is 3.30. The zero-order chi connectivity index (χ0) is 15.4. The molecule has 1 aromatic rings. The lowest BCUT2D eigenvalue weighted by Gasteiger charge is -2.28. The molecule has 0 bridgehead atoms. The number of primary amides is 1. The summed E-state index contributed by atoms with van der Waals surface area (Å²) >= 11 is 6.20. The van der Waals surface area contributed by atoms with Crippen LogP contribution < -0.4 is 16.8 Å². The van der Waals surface area contributed by atoms with E-state index in [1.54, 1.807) is 12.1 Å². The number of hydrogen-bond donors (Lipinski definition) is 3. The van der Waals surface area contributed by atoms with Crippen molar-refractivity contribution in [1.82, 2.24) is 4.90 Å². The Labute approximate surface area is 125 Å². The van der Waals surface area contributed by atoms with Crippen molar-refractivity contribution >= 4 is 28.9 Å². The molecule has 1 rings (SSSR count). The highest BCUT2D eigenvalue weighted by Crippen LogP contribution is 2.30. The van der Waals surface area contributed by atoms with Crippen molar-refractivity contribution in [3.05, 3.63) is 22.7 Å². The van der Waals surface area contributed by atoms with Crippen molar-refractivity contribution in [1.29, 1.82) is 0 Å². The molecule has 0 spiro atoms. The molecule has 0 aliphatic rings. The minimum Gasteiger partial charge on any atom is -0.399 e. The molecule has 5 nitrogen and oxygen atoms in total. The van der Waals surface area contributed by atoms with Gasteiger partial charge in [-0.3, -0.25) is 4.79 Å². The average Bonchev–Trinajstić information content (AvgIpc) is 2.29. The summed E-state index contributed by atoms with van der Waals surface area (Å²) in [6.45, 7) is 5.03. The fourth-order valence-corrected chi connectivity index (χ4v) is 2.25. The van der Waals surface area contributed by atoms with Crippen molar-refractivity contribution in [2.45, 2.75) is 19.9 Å². The Hall–Kier alpha value is -1.46. The van der Waals surface area contributed by atoms with Crippen molar-refractivity contribution in [2.75, 3.05) is 31.7 Å². The largest absolute Gasteiger partial charge is 0.399 e. The molecule has 0 radical (unpaired) electrons. The number of nitrogens with one attached hydrogen (secondary N) is 1. The van der Waals surface area contributed by atoms with Crippen molar-refractivity contribution in [3.63, 3.8) is 0 Å². The monoisotopic (exact) mass is 298 g/mol. The number of benzene rings is 1. The molecular weight excluding hydrogens is 276 g/mol. The van der Waals surface area contributed by atoms with Gasteiger partial charge in [0.2, 0.25) is 0 Å². The van der Waals surface area contributed by atoms with Gasteiger partial charge in [-0.25, -0.2) is 0 Å². The third kappa shape index (κ3) is 4.28. The molecule has 1 atom stereocenters. The normalized spacial score (nSPS) is 12.8. The number of nitrogen functional groups attached to an aromatic ring is 1. The molecule has 0 aliphatic carbocycles. The quantitative estimate of drug-likeness (QED) is 0.702. The van der Waals surface area contributed by atoms with Crippen LogP contribution >= 0.6 is 11.6 Å². The first-order valence-corrected chi connectivity index (χ1v) is 6.90. The summed E-state index contributed by atoms with van der Waals surface area (Å²) in [7, 11) is 3.99. The molecule has 0 fully saturated rings. The molecule has 0 aliphatic heterocycles. The molecule has 0 saturated carbocycles. The van der Waals surface area contributed by atoms with Crippen molar-refractivity contribution in [2.24, 2.45) is 11.7 Å².